The Kier molecular flexibility index (Phi) is 7.50. The van der Waals surface area contributed by atoms with Crippen molar-refractivity contribution in [1.82, 2.24) is 9.88 Å². The van der Waals surface area contributed by atoms with Crippen molar-refractivity contribution in [3.05, 3.63) is 60.3 Å². The summed E-state index contributed by atoms with van der Waals surface area (Å²) in [6.45, 7) is 0.656. The van der Waals surface area contributed by atoms with Crippen molar-refractivity contribution in [2.45, 2.75) is 23.7 Å². The molecule has 0 bridgehead atoms. The molecule has 0 saturated carbocycles. The van der Waals surface area contributed by atoms with Crippen molar-refractivity contribution in [2.24, 2.45) is 10.9 Å². The van der Waals surface area contributed by atoms with Gasteiger partial charge in [0, 0.05) is 12.1 Å². The molecule has 0 radical (unpaired) electrons. The Morgan fingerprint density at radius 2 is 1.77 bits per heavy atom. The second-order valence-electron chi connectivity index (χ2n) is 7.75. The lowest BCUT2D eigenvalue weighted by Crippen LogP contribution is -2.39. The normalized spacial score (nSPS) is 15.7. The van der Waals surface area contributed by atoms with Crippen LogP contribution in [-0.4, -0.2) is 38.3 Å². The summed E-state index contributed by atoms with van der Waals surface area (Å²) < 4.78 is 67.6. The number of nitrogens with one attached hydrogen (secondary N) is 1. The van der Waals surface area contributed by atoms with Crippen molar-refractivity contribution in [3.63, 3.8) is 0 Å². The molecule has 3 aromatic rings. The maximum Gasteiger partial charge on any atom is 0.573 e. The number of sulfonamides is 1. The maximum absolute atomic E-state index is 12.8. The number of nitrogens with zero attached hydrogens (tertiary/aromatic N) is 1. The molecule has 1 amide bonds. The maximum atomic E-state index is 12.8. The standard InChI is InChI=1S/C22H21F3N4O4S.ClH/c23-22(24,25)33-16-3-1-2-14(10-16)18-11-19-21(30)28-12-15(8-9-26)29(19)20(18)13-4-6-17(7-5-13)34(27,31)32;/h1-7,10-11,15H,8-9,12,26H2,(H,28,30)(H2,27,31,32);1H/t15-;/m0./s1. The van der Waals surface area contributed by atoms with Gasteiger partial charge in [-0.1, -0.05) is 24.3 Å². The number of amides is 1. The highest BCUT2D eigenvalue weighted by Crippen LogP contribution is 2.40. The SMILES string of the molecule is Cl.NCC[C@H]1CNC(=O)c2cc(-c3cccc(OC(F)(F)F)c3)c(-c3ccc(S(N)(=O)=O)cc3)n21. The molecule has 35 heavy (non-hydrogen) atoms. The first-order chi connectivity index (χ1) is 16.0. The smallest absolute Gasteiger partial charge is 0.406 e. The van der Waals surface area contributed by atoms with E-state index in [1.807, 2.05) is 0 Å². The molecule has 2 heterocycles. The van der Waals surface area contributed by atoms with E-state index >= 15 is 0 Å². The van der Waals surface area contributed by atoms with E-state index < -0.39 is 22.1 Å². The van der Waals surface area contributed by atoms with E-state index in [1.165, 1.54) is 42.5 Å². The first kappa shape index (κ1) is 26.5. The molecule has 1 aromatic heterocycles. The number of benzene rings is 2. The van der Waals surface area contributed by atoms with Gasteiger partial charge in [-0.25, -0.2) is 13.6 Å². The summed E-state index contributed by atoms with van der Waals surface area (Å²) in [6.07, 6.45) is -4.34. The van der Waals surface area contributed by atoms with E-state index in [0.717, 1.165) is 0 Å². The molecule has 1 aliphatic heterocycles. The van der Waals surface area contributed by atoms with E-state index in [-0.39, 0.29) is 29.3 Å². The third-order valence-electron chi connectivity index (χ3n) is 5.47. The molecule has 0 unspecified atom stereocenters. The summed E-state index contributed by atoms with van der Waals surface area (Å²) in [7, 11) is -3.93. The van der Waals surface area contributed by atoms with E-state index in [1.54, 1.807) is 16.7 Å². The van der Waals surface area contributed by atoms with Gasteiger partial charge in [0.1, 0.15) is 11.4 Å². The van der Waals surface area contributed by atoms with Crippen LogP contribution in [0.4, 0.5) is 13.2 Å². The monoisotopic (exact) mass is 530 g/mol. The molecule has 5 N–H and O–H groups in total. The van der Waals surface area contributed by atoms with Gasteiger partial charge in [0.15, 0.2) is 0 Å². The van der Waals surface area contributed by atoms with Crippen LogP contribution in [0.2, 0.25) is 0 Å². The van der Waals surface area contributed by atoms with Crippen LogP contribution in [0, 0.1) is 0 Å². The average molecular weight is 531 g/mol. The van der Waals surface area contributed by atoms with Crippen molar-refractivity contribution < 1.29 is 31.1 Å². The Morgan fingerprint density at radius 3 is 2.37 bits per heavy atom. The molecule has 1 aliphatic rings. The van der Waals surface area contributed by atoms with Crippen LogP contribution < -0.4 is 20.9 Å². The number of ether oxygens (including phenoxy) is 1. The summed E-state index contributed by atoms with van der Waals surface area (Å²) in [5.41, 5.74) is 8.03. The lowest BCUT2D eigenvalue weighted by Gasteiger charge is -2.28. The fourth-order valence-electron chi connectivity index (χ4n) is 4.07. The number of hydrogen-bond acceptors (Lipinski definition) is 5. The Bertz CT molecular complexity index is 1340. The Hall–Kier alpha value is -3.06. The third-order valence-corrected chi connectivity index (χ3v) is 6.40. The second-order valence-corrected chi connectivity index (χ2v) is 9.31. The van der Waals surface area contributed by atoms with Gasteiger partial charge in [0.2, 0.25) is 10.0 Å². The lowest BCUT2D eigenvalue weighted by molar-refractivity contribution is -0.274. The first-order valence-electron chi connectivity index (χ1n) is 10.2. The fraction of sp³-hybridized carbons (Fsp3) is 0.227. The van der Waals surface area contributed by atoms with Gasteiger partial charge in [-0.3, -0.25) is 4.79 Å². The molecule has 0 aliphatic carbocycles. The van der Waals surface area contributed by atoms with Crippen LogP contribution in [0.15, 0.2) is 59.5 Å². The zero-order valence-corrected chi connectivity index (χ0v) is 19.7. The van der Waals surface area contributed by atoms with Gasteiger partial charge >= 0.3 is 6.36 Å². The molecule has 0 fully saturated rings. The minimum atomic E-state index is -4.86. The van der Waals surface area contributed by atoms with Gasteiger partial charge < -0.3 is 20.4 Å². The Balaban J connectivity index is 0.00000342. The number of carbonyl (C=O) groups excluding carboxylic acids is 1. The highest BCUT2D eigenvalue weighted by Gasteiger charge is 2.33. The Morgan fingerprint density at radius 1 is 1.09 bits per heavy atom. The number of aromatic nitrogens is 1. The number of nitrogens with two attached hydrogens (primary N) is 2. The van der Waals surface area contributed by atoms with Gasteiger partial charge in [0.05, 0.1) is 16.6 Å². The van der Waals surface area contributed by atoms with Gasteiger partial charge in [-0.15, -0.1) is 25.6 Å². The van der Waals surface area contributed by atoms with Crippen molar-refractivity contribution in [3.8, 4) is 28.1 Å². The minimum absolute atomic E-state index is 0. The van der Waals surface area contributed by atoms with E-state index in [0.29, 0.717) is 47.6 Å². The quantitative estimate of drug-likeness (QED) is 0.449. The number of halogens is 4. The lowest BCUT2D eigenvalue weighted by atomic mass is 10.0. The molecule has 0 spiro atoms. The number of rotatable bonds is 6. The molecule has 8 nitrogen and oxygen atoms in total. The number of hydrogen-bond donors (Lipinski definition) is 3. The van der Waals surface area contributed by atoms with E-state index in [4.69, 9.17) is 10.9 Å². The molecular formula is C22H22ClF3N4O4S. The zero-order chi connectivity index (χ0) is 24.7. The van der Waals surface area contributed by atoms with Gasteiger partial charge in [-0.05, 0) is 54.4 Å². The van der Waals surface area contributed by atoms with Gasteiger partial charge in [0.25, 0.3) is 5.91 Å². The first-order valence-corrected chi connectivity index (χ1v) is 11.8. The fourth-order valence-corrected chi connectivity index (χ4v) is 4.59. The Labute approximate surface area is 205 Å². The summed E-state index contributed by atoms with van der Waals surface area (Å²) in [5.74, 6) is -0.753. The molecule has 2 aromatic carbocycles. The molecule has 0 saturated heterocycles. The molecule has 1 atom stereocenters. The molecular weight excluding hydrogens is 509 g/mol. The van der Waals surface area contributed by atoms with Crippen LogP contribution in [-0.2, 0) is 10.0 Å². The van der Waals surface area contributed by atoms with E-state index in [9.17, 15) is 26.4 Å². The van der Waals surface area contributed by atoms with Crippen LogP contribution >= 0.6 is 12.4 Å². The topological polar surface area (TPSA) is 129 Å². The highest BCUT2D eigenvalue weighted by molar-refractivity contribution is 7.89. The van der Waals surface area contributed by atoms with Crippen LogP contribution in [0.1, 0.15) is 23.0 Å². The number of alkyl halides is 3. The van der Waals surface area contributed by atoms with Crippen molar-refractivity contribution in [2.75, 3.05) is 13.1 Å². The number of fused-ring (bicyclic) bond motifs is 1. The minimum Gasteiger partial charge on any atom is -0.406 e. The molecule has 13 heteroatoms. The average Bonchev–Trinajstić information content (AvgIpc) is 3.16. The summed E-state index contributed by atoms with van der Waals surface area (Å²) in [4.78, 5) is 12.6. The predicted molar refractivity (Wildman–Crippen MR) is 126 cm³/mol. The summed E-state index contributed by atoms with van der Waals surface area (Å²) in [6, 6.07) is 12.5. The summed E-state index contributed by atoms with van der Waals surface area (Å²) in [5, 5.41) is 8.00. The van der Waals surface area contributed by atoms with E-state index in [2.05, 4.69) is 10.1 Å². The second kappa shape index (κ2) is 9.90. The molecule has 188 valence electrons. The van der Waals surface area contributed by atoms with Crippen LogP contribution in [0.5, 0.6) is 5.75 Å². The van der Waals surface area contributed by atoms with Crippen molar-refractivity contribution in [1.29, 1.82) is 0 Å². The highest BCUT2D eigenvalue weighted by atomic mass is 35.5. The number of carbonyl (C=O) groups is 1. The zero-order valence-electron chi connectivity index (χ0n) is 18.1. The van der Waals surface area contributed by atoms with Crippen LogP contribution in [0.25, 0.3) is 22.4 Å². The largest absolute Gasteiger partial charge is 0.573 e. The van der Waals surface area contributed by atoms with Crippen molar-refractivity contribution >= 4 is 28.3 Å². The van der Waals surface area contributed by atoms with Gasteiger partial charge in [-0.2, -0.15) is 0 Å². The number of primary sulfonamides is 1. The molecule has 4 rings (SSSR count). The third kappa shape index (κ3) is 5.61. The predicted octanol–water partition coefficient (Wildman–Crippen LogP) is 3.42. The summed E-state index contributed by atoms with van der Waals surface area (Å²) >= 11 is 0. The van der Waals surface area contributed by atoms with Crippen LogP contribution in [0.3, 0.4) is 0 Å².